The second-order valence-corrected chi connectivity index (χ2v) is 6.31. The second-order valence-electron chi connectivity index (χ2n) is 6.31. The molecule has 2 aromatic carbocycles. The summed E-state index contributed by atoms with van der Waals surface area (Å²) in [5.41, 5.74) is 3.51. The number of fused-ring (bicyclic) bond motifs is 2. The van der Waals surface area contributed by atoms with Crippen molar-refractivity contribution in [2.45, 2.75) is 18.3 Å². The van der Waals surface area contributed by atoms with E-state index in [1.807, 2.05) is 12.1 Å². The van der Waals surface area contributed by atoms with Crippen LogP contribution in [-0.2, 0) is 5.41 Å². The molecule has 2 aliphatic rings. The van der Waals surface area contributed by atoms with Crippen molar-refractivity contribution in [1.82, 2.24) is 9.97 Å². The van der Waals surface area contributed by atoms with Gasteiger partial charge in [0.2, 0.25) is 12.7 Å². The highest BCUT2D eigenvalue weighted by atomic mass is 16.7. The molecule has 5 rings (SSSR count). The van der Waals surface area contributed by atoms with Crippen LogP contribution in [0.1, 0.15) is 18.4 Å². The molecule has 3 aromatic rings. The van der Waals surface area contributed by atoms with Gasteiger partial charge in [0.15, 0.2) is 11.5 Å². The number of nitrogens with zero attached hydrogens (tertiary/aromatic N) is 1. The molecule has 0 amide bonds. The molecule has 1 aromatic heterocycles. The van der Waals surface area contributed by atoms with E-state index in [0.717, 1.165) is 35.0 Å². The molecule has 5 nitrogen and oxygen atoms in total. The van der Waals surface area contributed by atoms with E-state index in [9.17, 15) is 0 Å². The van der Waals surface area contributed by atoms with E-state index >= 15 is 0 Å². The van der Waals surface area contributed by atoms with E-state index in [2.05, 4.69) is 45.6 Å². The van der Waals surface area contributed by atoms with Gasteiger partial charge >= 0.3 is 0 Å². The van der Waals surface area contributed by atoms with Crippen LogP contribution in [0.2, 0.25) is 0 Å². The van der Waals surface area contributed by atoms with Crippen LogP contribution in [0.4, 0.5) is 5.95 Å². The number of aromatic amines is 1. The molecule has 116 valence electrons. The lowest BCUT2D eigenvalue weighted by Gasteiger charge is -2.16. The Morgan fingerprint density at radius 3 is 2.65 bits per heavy atom. The molecule has 1 fully saturated rings. The molecule has 0 unspecified atom stereocenters. The first-order valence-electron chi connectivity index (χ1n) is 7.91. The largest absolute Gasteiger partial charge is 0.454 e. The molecule has 0 saturated heterocycles. The quantitative estimate of drug-likeness (QED) is 0.775. The third-order valence-electron chi connectivity index (χ3n) is 4.81. The molecule has 0 spiro atoms. The van der Waals surface area contributed by atoms with E-state index in [-0.39, 0.29) is 12.2 Å². The summed E-state index contributed by atoms with van der Waals surface area (Å²) in [6, 6.07) is 14.6. The number of anilines is 1. The SMILES string of the molecule is c1ccc(C2(CNc3nc4cc5c(cc4[nH]3)OCO5)CC2)cc1. The fraction of sp³-hybridized carbons (Fsp3) is 0.278. The van der Waals surface area contributed by atoms with Crippen molar-refractivity contribution < 1.29 is 9.47 Å². The number of ether oxygens (including phenoxy) is 2. The first-order chi connectivity index (χ1) is 11.3. The van der Waals surface area contributed by atoms with Crippen molar-refractivity contribution in [1.29, 1.82) is 0 Å². The van der Waals surface area contributed by atoms with Crippen LogP contribution in [0.5, 0.6) is 11.5 Å². The number of rotatable bonds is 4. The van der Waals surface area contributed by atoms with Gasteiger partial charge < -0.3 is 19.8 Å². The molecular formula is C18H17N3O2. The minimum atomic E-state index is 0.258. The maximum absolute atomic E-state index is 5.41. The van der Waals surface area contributed by atoms with E-state index in [1.165, 1.54) is 18.4 Å². The van der Waals surface area contributed by atoms with Gasteiger partial charge in [0.1, 0.15) is 0 Å². The van der Waals surface area contributed by atoms with Gasteiger partial charge in [-0.25, -0.2) is 4.98 Å². The summed E-state index contributed by atoms with van der Waals surface area (Å²) < 4.78 is 10.8. The number of nitrogens with one attached hydrogen (secondary N) is 2. The molecule has 1 aliphatic heterocycles. The zero-order valence-electron chi connectivity index (χ0n) is 12.6. The normalized spacial score (nSPS) is 17.4. The molecule has 0 radical (unpaired) electrons. The average molecular weight is 307 g/mol. The van der Waals surface area contributed by atoms with Crippen LogP contribution in [0.3, 0.4) is 0 Å². The Balaban J connectivity index is 1.38. The van der Waals surface area contributed by atoms with Gasteiger partial charge in [0, 0.05) is 24.1 Å². The van der Waals surface area contributed by atoms with Crippen molar-refractivity contribution in [3.63, 3.8) is 0 Å². The molecule has 2 N–H and O–H groups in total. The van der Waals surface area contributed by atoms with Crippen molar-refractivity contribution >= 4 is 17.0 Å². The van der Waals surface area contributed by atoms with Gasteiger partial charge in [-0.3, -0.25) is 0 Å². The van der Waals surface area contributed by atoms with Crippen LogP contribution >= 0.6 is 0 Å². The van der Waals surface area contributed by atoms with Gasteiger partial charge in [-0.05, 0) is 18.4 Å². The zero-order valence-corrected chi connectivity index (χ0v) is 12.6. The lowest BCUT2D eigenvalue weighted by Crippen LogP contribution is -2.20. The lowest BCUT2D eigenvalue weighted by molar-refractivity contribution is 0.174. The van der Waals surface area contributed by atoms with Crippen LogP contribution in [0, 0.1) is 0 Å². The Kier molecular flexibility index (Phi) is 2.59. The van der Waals surface area contributed by atoms with Crippen molar-refractivity contribution in [2.24, 2.45) is 0 Å². The Labute approximate surface area is 133 Å². The van der Waals surface area contributed by atoms with Gasteiger partial charge in [0.25, 0.3) is 0 Å². The lowest BCUT2D eigenvalue weighted by atomic mass is 9.96. The molecule has 1 aliphatic carbocycles. The average Bonchev–Trinajstić information content (AvgIpc) is 3.06. The second kappa shape index (κ2) is 4.65. The van der Waals surface area contributed by atoms with E-state index in [4.69, 9.17) is 9.47 Å². The molecular weight excluding hydrogens is 290 g/mol. The number of H-pyrrole nitrogens is 1. The Morgan fingerprint density at radius 1 is 1.09 bits per heavy atom. The number of aromatic nitrogens is 2. The molecule has 2 heterocycles. The predicted molar refractivity (Wildman–Crippen MR) is 88.1 cm³/mol. The molecule has 23 heavy (non-hydrogen) atoms. The van der Waals surface area contributed by atoms with Crippen LogP contribution in [0.25, 0.3) is 11.0 Å². The van der Waals surface area contributed by atoms with Crippen molar-refractivity contribution in [3.05, 3.63) is 48.0 Å². The van der Waals surface area contributed by atoms with Gasteiger partial charge in [-0.15, -0.1) is 0 Å². The summed E-state index contributed by atoms with van der Waals surface area (Å²) in [5.74, 6) is 2.33. The zero-order chi connectivity index (χ0) is 15.3. The smallest absolute Gasteiger partial charge is 0.231 e. The Hall–Kier alpha value is -2.69. The highest BCUT2D eigenvalue weighted by Gasteiger charge is 2.43. The Morgan fingerprint density at radius 2 is 1.87 bits per heavy atom. The fourth-order valence-electron chi connectivity index (χ4n) is 3.25. The van der Waals surface area contributed by atoms with Gasteiger partial charge in [0.05, 0.1) is 11.0 Å². The van der Waals surface area contributed by atoms with Crippen molar-refractivity contribution in [3.8, 4) is 11.5 Å². The van der Waals surface area contributed by atoms with Crippen molar-refractivity contribution in [2.75, 3.05) is 18.7 Å². The Bertz CT molecular complexity index is 828. The summed E-state index contributed by atoms with van der Waals surface area (Å²) in [6.07, 6.45) is 2.44. The number of benzene rings is 2. The van der Waals surface area contributed by atoms with Crippen LogP contribution < -0.4 is 14.8 Å². The van der Waals surface area contributed by atoms with E-state index in [1.54, 1.807) is 0 Å². The van der Waals surface area contributed by atoms with Gasteiger partial charge in [-0.1, -0.05) is 30.3 Å². The summed E-state index contributed by atoms with van der Waals surface area (Å²) in [5, 5.41) is 3.46. The molecule has 1 saturated carbocycles. The summed E-state index contributed by atoms with van der Waals surface area (Å²) in [4.78, 5) is 7.93. The van der Waals surface area contributed by atoms with Crippen LogP contribution in [0.15, 0.2) is 42.5 Å². The number of hydrogen-bond acceptors (Lipinski definition) is 4. The topological polar surface area (TPSA) is 59.2 Å². The highest BCUT2D eigenvalue weighted by Crippen LogP contribution is 2.48. The monoisotopic (exact) mass is 307 g/mol. The summed E-state index contributed by atoms with van der Waals surface area (Å²) in [6.45, 7) is 1.18. The van der Waals surface area contributed by atoms with Gasteiger partial charge in [-0.2, -0.15) is 0 Å². The number of hydrogen-bond donors (Lipinski definition) is 2. The standard InChI is InChI=1S/C18H17N3O2/c1-2-4-12(5-3-1)18(6-7-18)10-19-17-20-13-8-15-16(23-11-22-15)9-14(13)21-17/h1-5,8-9H,6-7,10-11H2,(H2,19,20,21). The third-order valence-corrected chi connectivity index (χ3v) is 4.81. The van der Waals surface area contributed by atoms with E-state index in [0.29, 0.717) is 0 Å². The molecule has 5 heteroatoms. The first kappa shape index (κ1) is 12.8. The summed E-state index contributed by atoms with van der Waals surface area (Å²) in [7, 11) is 0. The maximum atomic E-state index is 5.41. The molecule has 0 atom stereocenters. The third kappa shape index (κ3) is 2.11. The number of imidazole rings is 1. The maximum Gasteiger partial charge on any atom is 0.231 e. The highest BCUT2D eigenvalue weighted by molar-refractivity contribution is 5.82. The fourth-order valence-corrected chi connectivity index (χ4v) is 3.25. The minimum Gasteiger partial charge on any atom is -0.454 e. The first-order valence-corrected chi connectivity index (χ1v) is 7.91. The summed E-state index contributed by atoms with van der Waals surface area (Å²) >= 11 is 0. The predicted octanol–water partition coefficient (Wildman–Crippen LogP) is 3.44. The molecule has 0 bridgehead atoms. The van der Waals surface area contributed by atoms with E-state index < -0.39 is 0 Å². The van der Waals surface area contributed by atoms with Crippen LogP contribution in [-0.4, -0.2) is 23.3 Å². The minimum absolute atomic E-state index is 0.258.